The van der Waals surface area contributed by atoms with Crippen LogP contribution in [-0.2, 0) is 9.47 Å². The summed E-state index contributed by atoms with van der Waals surface area (Å²) in [7, 11) is 0. The fourth-order valence-corrected chi connectivity index (χ4v) is 2.25. The van der Waals surface area contributed by atoms with Gasteiger partial charge in [0, 0.05) is 0 Å². The Morgan fingerprint density at radius 1 is 0.850 bits per heavy atom. The SMILES string of the molecule is C(=C\C1COCCO1)/c1ccc(-c2ccccc2)cc1. The smallest absolute Gasteiger partial charge is 0.0993 e. The molecule has 2 aromatic rings. The Hall–Kier alpha value is -1.90. The van der Waals surface area contributed by atoms with Gasteiger partial charge in [0.25, 0.3) is 0 Å². The van der Waals surface area contributed by atoms with Gasteiger partial charge in [-0.1, -0.05) is 66.7 Å². The van der Waals surface area contributed by atoms with Crippen LogP contribution in [0.15, 0.2) is 60.7 Å². The van der Waals surface area contributed by atoms with Gasteiger partial charge in [-0.3, -0.25) is 0 Å². The molecule has 0 saturated carbocycles. The normalized spacial score (nSPS) is 19.3. The molecule has 1 aliphatic rings. The maximum absolute atomic E-state index is 5.58. The summed E-state index contributed by atoms with van der Waals surface area (Å²) in [4.78, 5) is 0. The van der Waals surface area contributed by atoms with Crippen LogP contribution in [0.25, 0.3) is 17.2 Å². The molecule has 0 bridgehead atoms. The van der Waals surface area contributed by atoms with E-state index in [4.69, 9.17) is 9.47 Å². The monoisotopic (exact) mass is 266 g/mol. The maximum atomic E-state index is 5.58. The number of ether oxygens (including phenoxy) is 2. The van der Waals surface area contributed by atoms with Gasteiger partial charge in [-0.25, -0.2) is 0 Å². The van der Waals surface area contributed by atoms with Crippen molar-refractivity contribution in [3.8, 4) is 11.1 Å². The van der Waals surface area contributed by atoms with E-state index in [9.17, 15) is 0 Å². The molecule has 0 spiro atoms. The highest BCUT2D eigenvalue weighted by Gasteiger charge is 2.09. The van der Waals surface area contributed by atoms with E-state index in [1.54, 1.807) is 0 Å². The summed E-state index contributed by atoms with van der Waals surface area (Å²) in [5.41, 5.74) is 3.66. The fraction of sp³-hybridized carbons (Fsp3) is 0.222. The molecule has 3 rings (SSSR count). The Bertz CT molecular complexity index is 552. The zero-order valence-corrected chi connectivity index (χ0v) is 11.4. The van der Waals surface area contributed by atoms with E-state index in [1.807, 2.05) is 6.07 Å². The highest BCUT2D eigenvalue weighted by atomic mass is 16.6. The number of rotatable bonds is 3. The van der Waals surface area contributed by atoms with E-state index in [0.29, 0.717) is 19.8 Å². The van der Waals surface area contributed by atoms with Gasteiger partial charge < -0.3 is 9.47 Å². The molecule has 102 valence electrons. The summed E-state index contributed by atoms with van der Waals surface area (Å²) in [6, 6.07) is 18.9. The Morgan fingerprint density at radius 3 is 2.30 bits per heavy atom. The van der Waals surface area contributed by atoms with Gasteiger partial charge in [0.1, 0.15) is 0 Å². The van der Waals surface area contributed by atoms with Crippen LogP contribution in [0.5, 0.6) is 0 Å². The van der Waals surface area contributed by atoms with E-state index in [0.717, 1.165) is 0 Å². The predicted molar refractivity (Wildman–Crippen MR) is 81.5 cm³/mol. The number of benzene rings is 2. The van der Waals surface area contributed by atoms with Crippen molar-refractivity contribution in [3.05, 3.63) is 66.2 Å². The van der Waals surface area contributed by atoms with Gasteiger partial charge in [-0.2, -0.15) is 0 Å². The second-order valence-electron chi connectivity index (χ2n) is 4.83. The van der Waals surface area contributed by atoms with Crippen LogP contribution in [0.4, 0.5) is 0 Å². The van der Waals surface area contributed by atoms with Crippen LogP contribution in [0.3, 0.4) is 0 Å². The lowest BCUT2D eigenvalue weighted by Crippen LogP contribution is -2.26. The van der Waals surface area contributed by atoms with Crippen molar-refractivity contribution in [1.82, 2.24) is 0 Å². The average Bonchev–Trinajstić information content (AvgIpc) is 2.55. The molecule has 0 aliphatic carbocycles. The topological polar surface area (TPSA) is 18.5 Å². The van der Waals surface area contributed by atoms with Gasteiger partial charge >= 0.3 is 0 Å². The van der Waals surface area contributed by atoms with Crippen LogP contribution in [0.1, 0.15) is 5.56 Å². The zero-order chi connectivity index (χ0) is 13.6. The first kappa shape index (κ1) is 13.1. The van der Waals surface area contributed by atoms with Crippen molar-refractivity contribution in [1.29, 1.82) is 0 Å². The lowest BCUT2D eigenvalue weighted by Gasteiger charge is -2.19. The molecule has 2 nitrogen and oxygen atoms in total. The molecular weight excluding hydrogens is 248 g/mol. The van der Waals surface area contributed by atoms with E-state index in [-0.39, 0.29) is 6.10 Å². The van der Waals surface area contributed by atoms with E-state index in [2.05, 4.69) is 60.7 Å². The minimum atomic E-state index is 0.0811. The van der Waals surface area contributed by atoms with Crippen molar-refractivity contribution in [2.24, 2.45) is 0 Å². The van der Waals surface area contributed by atoms with Crippen molar-refractivity contribution >= 4 is 6.08 Å². The zero-order valence-electron chi connectivity index (χ0n) is 11.4. The van der Waals surface area contributed by atoms with E-state index >= 15 is 0 Å². The van der Waals surface area contributed by atoms with Crippen LogP contribution in [-0.4, -0.2) is 25.9 Å². The minimum absolute atomic E-state index is 0.0811. The first-order chi connectivity index (χ1) is 9.92. The standard InChI is InChI=1S/C18H18O2/c1-2-4-16(5-3-1)17-9-6-15(7-10-17)8-11-18-14-19-12-13-20-18/h1-11,18H,12-14H2/b11-8+. The summed E-state index contributed by atoms with van der Waals surface area (Å²) < 4.78 is 11.0. The lowest BCUT2D eigenvalue weighted by atomic mass is 10.0. The number of hydrogen-bond acceptors (Lipinski definition) is 2. The third kappa shape index (κ3) is 3.35. The van der Waals surface area contributed by atoms with Crippen molar-refractivity contribution in [2.75, 3.05) is 19.8 Å². The first-order valence-electron chi connectivity index (χ1n) is 6.95. The van der Waals surface area contributed by atoms with Gasteiger partial charge in [-0.05, 0) is 16.7 Å². The highest BCUT2D eigenvalue weighted by Crippen LogP contribution is 2.19. The molecule has 2 heteroatoms. The van der Waals surface area contributed by atoms with Crippen molar-refractivity contribution in [3.63, 3.8) is 0 Å². The van der Waals surface area contributed by atoms with Gasteiger partial charge in [0.05, 0.1) is 25.9 Å². The summed E-state index contributed by atoms with van der Waals surface area (Å²) in [5, 5.41) is 0. The lowest BCUT2D eigenvalue weighted by molar-refractivity contribution is -0.0672. The van der Waals surface area contributed by atoms with Gasteiger partial charge in [-0.15, -0.1) is 0 Å². The van der Waals surface area contributed by atoms with Crippen LogP contribution in [0, 0.1) is 0 Å². The maximum Gasteiger partial charge on any atom is 0.0993 e. The quantitative estimate of drug-likeness (QED) is 0.841. The Labute approximate surface area is 119 Å². The molecule has 1 unspecified atom stereocenters. The highest BCUT2D eigenvalue weighted by molar-refractivity contribution is 5.65. The van der Waals surface area contributed by atoms with E-state index in [1.165, 1.54) is 16.7 Å². The summed E-state index contributed by atoms with van der Waals surface area (Å²) in [6.07, 6.45) is 4.24. The molecule has 1 atom stereocenters. The van der Waals surface area contributed by atoms with Gasteiger partial charge in [0.15, 0.2) is 0 Å². The van der Waals surface area contributed by atoms with Crippen LogP contribution in [0.2, 0.25) is 0 Å². The molecule has 2 aromatic carbocycles. The van der Waals surface area contributed by atoms with Crippen LogP contribution >= 0.6 is 0 Å². The Morgan fingerprint density at radius 2 is 1.60 bits per heavy atom. The first-order valence-corrected chi connectivity index (χ1v) is 6.95. The summed E-state index contributed by atoms with van der Waals surface area (Å²) in [5.74, 6) is 0. The summed E-state index contributed by atoms with van der Waals surface area (Å²) in [6.45, 7) is 2.04. The van der Waals surface area contributed by atoms with Crippen LogP contribution < -0.4 is 0 Å². The molecule has 0 radical (unpaired) electrons. The molecular formula is C18H18O2. The third-order valence-corrected chi connectivity index (χ3v) is 3.36. The van der Waals surface area contributed by atoms with Crippen molar-refractivity contribution < 1.29 is 9.47 Å². The predicted octanol–water partition coefficient (Wildman–Crippen LogP) is 3.78. The second kappa shape index (κ2) is 6.51. The average molecular weight is 266 g/mol. The largest absolute Gasteiger partial charge is 0.376 e. The molecule has 0 N–H and O–H groups in total. The molecule has 1 saturated heterocycles. The fourth-order valence-electron chi connectivity index (χ4n) is 2.25. The summed E-state index contributed by atoms with van der Waals surface area (Å²) >= 11 is 0. The Kier molecular flexibility index (Phi) is 4.26. The van der Waals surface area contributed by atoms with Gasteiger partial charge in [0.2, 0.25) is 0 Å². The molecule has 1 heterocycles. The van der Waals surface area contributed by atoms with E-state index < -0.39 is 0 Å². The molecule has 1 aliphatic heterocycles. The number of hydrogen-bond donors (Lipinski definition) is 0. The molecule has 0 amide bonds. The molecule has 0 aromatic heterocycles. The molecule has 20 heavy (non-hydrogen) atoms. The second-order valence-corrected chi connectivity index (χ2v) is 4.83. The minimum Gasteiger partial charge on any atom is -0.376 e. The van der Waals surface area contributed by atoms with Crippen molar-refractivity contribution in [2.45, 2.75) is 6.10 Å². The third-order valence-electron chi connectivity index (χ3n) is 3.36. The molecule has 1 fully saturated rings. The Balaban J connectivity index is 1.68.